The molecule has 1 atom stereocenters. The van der Waals surface area contributed by atoms with Gasteiger partial charge in [0, 0.05) is 5.69 Å². The topological polar surface area (TPSA) is 63.1 Å². The molecule has 1 unspecified atom stereocenters. The molecule has 0 aliphatic heterocycles. The Labute approximate surface area is 95.7 Å². The number of aromatic nitrogens is 2. The standard InChI is InChI=1S/C12H18N2O2/c1-4-6-10(12(15)16)11-7-9(5-2)13-8(3)14-11/h7,10H,4-6H2,1-3H3,(H,15,16). The molecule has 0 aromatic carbocycles. The third kappa shape index (κ3) is 3.02. The molecule has 16 heavy (non-hydrogen) atoms. The summed E-state index contributed by atoms with van der Waals surface area (Å²) in [5.41, 5.74) is 1.54. The summed E-state index contributed by atoms with van der Waals surface area (Å²) in [5, 5.41) is 9.15. The van der Waals surface area contributed by atoms with Crippen LogP contribution >= 0.6 is 0 Å². The highest BCUT2D eigenvalue weighted by Gasteiger charge is 2.21. The molecule has 0 aliphatic carbocycles. The van der Waals surface area contributed by atoms with Crippen LogP contribution in [-0.4, -0.2) is 21.0 Å². The average molecular weight is 222 g/mol. The molecular formula is C12H18N2O2. The number of aryl methyl sites for hydroxylation is 2. The number of aliphatic carboxylic acids is 1. The molecule has 4 nitrogen and oxygen atoms in total. The fourth-order valence-electron chi connectivity index (χ4n) is 1.70. The lowest BCUT2D eigenvalue weighted by atomic mass is 9.99. The van der Waals surface area contributed by atoms with Gasteiger partial charge in [-0.25, -0.2) is 9.97 Å². The summed E-state index contributed by atoms with van der Waals surface area (Å²) in [4.78, 5) is 19.6. The first-order valence-corrected chi connectivity index (χ1v) is 5.65. The maximum absolute atomic E-state index is 11.1. The van der Waals surface area contributed by atoms with Crippen LogP contribution in [0.2, 0.25) is 0 Å². The Bertz CT molecular complexity index is 377. The van der Waals surface area contributed by atoms with E-state index in [9.17, 15) is 4.79 Å². The Balaban J connectivity index is 3.08. The molecule has 0 amide bonds. The molecule has 88 valence electrons. The molecule has 0 spiro atoms. The van der Waals surface area contributed by atoms with Crippen LogP contribution in [0.1, 0.15) is 49.8 Å². The van der Waals surface area contributed by atoms with Gasteiger partial charge in [-0.1, -0.05) is 20.3 Å². The predicted octanol–water partition coefficient (Wildman–Crippen LogP) is 2.32. The van der Waals surface area contributed by atoms with Gasteiger partial charge in [-0.15, -0.1) is 0 Å². The van der Waals surface area contributed by atoms with E-state index in [1.807, 2.05) is 13.8 Å². The number of nitrogens with zero attached hydrogens (tertiary/aromatic N) is 2. The van der Waals surface area contributed by atoms with Crippen LogP contribution in [0.4, 0.5) is 0 Å². The zero-order valence-corrected chi connectivity index (χ0v) is 10.0. The van der Waals surface area contributed by atoms with Crippen molar-refractivity contribution in [1.29, 1.82) is 0 Å². The quantitative estimate of drug-likeness (QED) is 0.830. The molecule has 1 heterocycles. The molecule has 0 saturated heterocycles. The maximum Gasteiger partial charge on any atom is 0.312 e. The highest BCUT2D eigenvalue weighted by Crippen LogP contribution is 2.20. The van der Waals surface area contributed by atoms with Crippen LogP contribution in [0, 0.1) is 6.92 Å². The van der Waals surface area contributed by atoms with Gasteiger partial charge < -0.3 is 5.11 Å². The number of hydrogen-bond acceptors (Lipinski definition) is 3. The lowest BCUT2D eigenvalue weighted by Gasteiger charge is -2.12. The Hall–Kier alpha value is -1.45. The van der Waals surface area contributed by atoms with E-state index in [0.717, 1.165) is 18.5 Å². The Morgan fingerprint density at radius 1 is 1.44 bits per heavy atom. The van der Waals surface area contributed by atoms with E-state index in [-0.39, 0.29) is 0 Å². The van der Waals surface area contributed by atoms with Crippen molar-refractivity contribution in [2.45, 2.75) is 46.0 Å². The average Bonchev–Trinajstić information content (AvgIpc) is 2.24. The van der Waals surface area contributed by atoms with Gasteiger partial charge in [-0.3, -0.25) is 4.79 Å². The van der Waals surface area contributed by atoms with Crippen molar-refractivity contribution in [3.05, 3.63) is 23.3 Å². The molecule has 0 aliphatic rings. The van der Waals surface area contributed by atoms with Gasteiger partial charge in [0.2, 0.25) is 0 Å². The van der Waals surface area contributed by atoms with Crippen LogP contribution in [-0.2, 0) is 11.2 Å². The maximum atomic E-state index is 11.1. The minimum Gasteiger partial charge on any atom is -0.481 e. The first-order valence-electron chi connectivity index (χ1n) is 5.65. The SMILES string of the molecule is CCCC(C(=O)O)c1cc(CC)nc(C)n1. The van der Waals surface area contributed by atoms with E-state index in [2.05, 4.69) is 9.97 Å². The summed E-state index contributed by atoms with van der Waals surface area (Å²) in [5.74, 6) is -0.657. The van der Waals surface area contributed by atoms with Gasteiger partial charge in [0.1, 0.15) is 5.82 Å². The van der Waals surface area contributed by atoms with E-state index >= 15 is 0 Å². The van der Waals surface area contributed by atoms with Crippen molar-refractivity contribution in [3.8, 4) is 0 Å². The second kappa shape index (κ2) is 5.58. The Morgan fingerprint density at radius 3 is 2.62 bits per heavy atom. The van der Waals surface area contributed by atoms with Gasteiger partial charge in [-0.05, 0) is 25.8 Å². The van der Waals surface area contributed by atoms with E-state index in [1.54, 1.807) is 13.0 Å². The first-order chi connectivity index (χ1) is 7.58. The minimum absolute atomic E-state index is 0.503. The molecule has 0 fully saturated rings. The lowest BCUT2D eigenvalue weighted by Crippen LogP contribution is -2.14. The monoisotopic (exact) mass is 222 g/mol. The third-order valence-corrected chi connectivity index (χ3v) is 2.51. The molecule has 0 saturated carbocycles. The fourth-order valence-corrected chi connectivity index (χ4v) is 1.70. The highest BCUT2D eigenvalue weighted by atomic mass is 16.4. The molecule has 1 aromatic heterocycles. The molecule has 4 heteroatoms. The van der Waals surface area contributed by atoms with Crippen LogP contribution in [0.15, 0.2) is 6.07 Å². The predicted molar refractivity (Wildman–Crippen MR) is 61.4 cm³/mol. The van der Waals surface area contributed by atoms with Gasteiger partial charge in [0.25, 0.3) is 0 Å². The third-order valence-electron chi connectivity index (χ3n) is 2.51. The number of rotatable bonds is 5. The summed E-state index contributed by atoms with van der Waals surface area (Å²) in [7, 11) is 0. The molecule has 0 radical (unpaired) electrons. The van der Waals surface area contributed by atoms with Gasteiger partial charge >= 0.3 is 5.97 Å². The zero-order valence-electron chi connectivity index (χ0n) is 10.0. The molecular weight excluding hydrogens is 204 g/mol. The van der Waals surface area contributed by atoms with Crippen molar-refractivity contribution in [2.75, 3.05) is 0 Å². The van der Waals surface area contributed by atoms with Crippen molar-refractivity contribution in [3.63, 3.8) is 0 Å². The molecule has 1 N–H and O–H groups in total. The minimum atomic E-state index is -0.804. The second-order valence-electron chi connectivity index (χ2n) is 3.86. The number of carboxylic acids is 1. The summed E-state index contributed by atoms with van der Waals surface area (Å²) in [6.07, 6.45) is 2.26. The van der Waals surface area contributed by atoms with E-state index in [4.69, 9.17) is 5.11 Å². The van der Waals surface area contributed by atoms with Crippen molar-refractivity contribution >= 4 is 5.97 Å². The van der Waals surface area contributed by atoms with Gasteiger partial charge in [0.15, 0.2) is 0 Å². The first kappa shape index (κ1) is 12.6. The smallest absolute Gasteiger partial charge is 0.312 e. The van der Waals surface area contributed by atoms with E-state index in [0.29, 0.717) is 17.9 Å². The lowest BCUT2D eigenvalue weighted by molar-refractivity contribution is -0.139. The second-order valence-corrected chi connectivity index (χ2v) is 3.86. The van der Waals surface area contributed by atoms with Crippen molar-refractivity contribution < 1.29 is 9.90 Å². The number of hydrogen-bond donors (Lipinski definition) is 1. The number of carbonyl (C=O) groups is 1. The number of carboxylic acid groups (broad SMARTS) is 1. The van der Waals surface area contributed by atoms with Crippen LogP contribution in [0.3, 0.4) is 0 Å². The summed E-state index contributed by atoms with van der Waals surface area (Å²) < 4.78 is 0. The van der Waals surface area contributed by atoms with Crippen LogP contribution in [0.5, 0.6) is 0 Å². The molecule has 1 aromatic rings. The van der Waals surface area contributed by atoms with Crippen molar-refractivity contribution in [2.24, 2.45) is 0 Å². The summed E-state index contributed by atoms with van der Waals surface area (Å²) in [6, 6.07) is 1.81. The van der Waals surface area contributed by atoms with Gasteiger partial charge in [-0.2, -0.15) is 0 Å². The van der Waals surface area contributed by atoms with Gasteiger partial charge in [0.05, 0.1) is 11.6 Å². The van der Waals surface area contributed by atoms with Crippen molar-refractivity contribution in [1.82, 2.24) is 9.97 Å². The Morgan fingerprint density at radius 2 is 2.12 bits per heavy atom. The van der Waals surface area contributed by atoms with E-state index in [1.165, 1.54) is 0 Å². The zero-order chi connectivity index (χ0) is 12.1. The Kier molecular flexibility index (Phi) is 4.40. The fraction of sp³-hybridized carbons (Fsp3) is 0.583. The van der Waals surface area contributed by atoms with E-state index < -0.39 is 11.9 Å². The summed E-state index contributed by atoms with van der Waals surface area (Å²) >= 11 is 0. The van der Waals surface area contributed by atoms with Crippen LogP contribution in [0.25, 0.3) is 0 Å². The summed E-state index contributed by atoms with van der Waals surface area (Å²) in [6.45, 7) is 5.78. The highest BCUT2D eigenvalue weighted by molar-refractivity contribution is 5.75. The normalized spacial score (nSPS) is 12.4. The molecule has 0 bridgehead atoms. The largest absolute Gasteiger partial charge is 0.481 e. The molecule has 1 rings (SSSR count). The van der Waals surface area contributed by atoms with Crippen LogP contribution < -0.4 is 0 Å².